The largest absolute Gasteiger partial charge is 0.481 e. The second-order valence-corrected chi connectivity index (χ2v) is 5.66. The molecule has 0 spiro atoms. The lowest BCUT2D eigenvalue weighted by molar-refractivity contribution is -0.187. The van der Waals surface area contributed by atoms with Gasteiger partial charge in [0.25, 0.3) is 0 Å². The topological polar surface area (TPSA) is 69.6 Å². The van der Waals surface area contributed by atoms with Crippen LogP contribution < -0.4 is 5.32 Å². The third-order valence-electron chi connectivity index (χ3n) is 3.73. The van der Waals surface area contributed by atoms with E-state index in [1.165, 1.54) is 0 Å². The number of urea groups is 1. The smallest absolute Gasteiger partial charge is 0.394 e. The van der Waals surface area contributed by atoms with Crippen LogP contribution >= 0.6 is 11.6 Å². The molecular weight excluding hydrogens is 337 g/mol. The number of amides is 2. The van der Waals surface area contributed by atoms with Gasteiger partial charge in [-0.25, -0.2) is 4.79 Å². The first kappa shape index (κ1) is 17.4. The number of halogens is 4. The summed E-state index contributed by atoms with van der Waals surface area (Å²) in [6.45, 7) is -1.11. The predicted molar refractivity (Wildman–Crippen MR) is 75.9 cm³/mol. The van der Waals surface area contributed by atoms with E-state index in [4.69, 9.17) is 16.7 Å². The van der Waals surface area contributed by atoms with Crippen molar-refractivity contribution in [3.8, 4) is 0 Å². The van der Waals surface area contributed by atoms with Crippen LogP contribution in [-0.2, 0) is 11.3 Å². The third-order valence-corrected chi connectivity index (χ3v) is 4.10. The fourth-order valence-electron chi connectivity index (χ4n) is 2.48. The van der Waals surface area contributed by atoms with Crippen molar-refractivity contribution in [2.24, 2.45) is 11.8 Å². The Hall–Kier alpha value is -1.96. The summed E-state index contributed by atoms with van der Waals surface area (Å²) in [5, 5.41) is 11.8. The van der Waals surface area contributed by atoms with Gasteiger partial charge in [0.05, 0.1) is 11.8 Å². The number of alkyl halides is 3. The van der Waals surface area contributed by atoms with Crippen LogP contribution in [0.3, 0.4) is 0 Å². The first-order valence-corrected chi connectivity index (χ1v) is 7.13. The Morgan fingerprint density at radius 2 is 1.96 bits per heavy atom. The molecule has 2 rings (SSSR count). The molecule has 1 heterocycles. The van der Waals surface area contributed by atoms with Crippen LogP contribution in [0.5, 0.6) is 0 Å². The first-order chi connectivity index (χ1) is 10.7. The molecule has 0 aromatic heterocycles. The number of hydrogen-bond acceptors (Lipinski definition) is 2. The zero-order chi connectivity index (χ0) is 17.2. The Morgan fingerprint density at radius 1 is 1.30 bits per heavy atom. The molecule has 0 radical (unpaired) electrons. The monoisotopic (exact) mass is 350 g/mol. The first-order valence-electron chi connectivity index (χ1n) is 6.76. The molecule has 1 aliphatic heterocycles. The number of aliphatic carboxylic acids is 1. The Balaban J connectivity index is 2.01. The number of carboxylic acid groups (broad SMARTS) is 1. The summed E-state index contributed by atoms with van der Waals surface area (Å²) in [6, 6.07) is 5.97. The van der Waals surface area contributed by atoms with E-state index in [9.17, 15) is 22.8 Å². The Bertz CT molecular complexity index is 609. The predicted octanol–water partition coefficient (Wildman–Crippen LogP) is 2.74. The van der Waals surface area contributed by atoms with Crippen LogP contribution in [0.15, 0.2) is 24.3 Å². The van der Waals surface area contributed by atoms with Gasteiger partial charge in [0.15, 0.2) is 0 Å². The zero-order valence-electron chi connectivity index (χ0n) is 11.8. The van der Waals surface area contributed by atoms with E-state index in [1.807, 2.05) is 0 Å². The molecule has 5 nitrogen and oxygen atoms in total. The van der Waals surface area contributed by atoms with E-state index in [0.717, 1.165) is 4.90 Å². The minimum absolute atomic E-state index is 0.0451. The highest BCUT2D eigenvalue weighted by Gasteiger charge is 2.53. The van der Waals surface area contributed by atoms with Crippen molar-refractivity contribution in [2.75, 3.05) is 13.1 Å². The van der Waals surface area contributed by atoms with Crippen molar-refractivity contribution in [1.82, 2.24) is 10.2 Å². The zero-order valence-corrected chi connectivity index (χ0v) is 12.6. The Labute approximate surface area is 135 Å². The number of nitrogens with zero attached hydrogens (tertiary/aromatic N) is 1. The SMILES string of the molecule is O=C(O)[C@@H]1CN(C(=O)NCc2ccccc2Cl)C[C@H]1C(F)(F)F. The summed E-state index contributed by atoms with van der Waals surface area (Å²) in [6.07, 6.45) is -4.67. The molecule has 23 heavy (non-hydrogen) atoms. The summed E-state index contributed by atoms with van der Waals surface area (Å²) in [5.74, 6) is -5.28. The summed E-state index contributed by atoms with van der Waals surface area (Å²) in [4.78, 5) is 23.8. The van der Waals surface area contributed by atoms with Gasteiger partial charge in [-0.15, -0.1) is 0 Å². The van der Waals surface area contributed by atoms with Crippen LogP contribution in [0.4, 0.5) is 18.0 Å². The number of likely N-dealkylation sites (tertiary alicyclic amines) is 1. The maximum Gasteiger partial charge on any atom is 0.394 e. The molecular formula is C14H14ClF3N2O3. The molecule has 2 N–H and O–H groups in total. The lowest BCUT2D eigenvalue weighted by atomic mass is 9.96. The van der Waals surface area contributed by atoms with Crippen molar-refractivity contribution >= 4 is 23.6 Å². The van der Waals surface area contributed by atoms with E-state index >= 15 is 0 Å². The molecule has 1 aromatic carbocycles. The normalized spacial score (nSPS) is 21.3. The average Bonchev–Trinajstić information content (AvgIpc) is 2.91. The van der Waals surface area contributed by atoms with Crippen molar-refractivity contribution < 1.29 is 27.9 Å². The molecule has 1 fully saturated rings. The van der Waals surface area contributed by atoms with E-state index in [1.54, 1.807) is 24.3 Å². The number of hydrogen-bond donors (Lipinski definition) is 2. The number of carboxylic acids is 1. The molecule has 1 aliphatic rings. The maximum atomic E-state index is 12.9. The van der Waals surface area contributed by atoms with Crippen molar-refractivity contribution in [1.29, 1.82) is 0 Å². The van der Waals surface area contributed by atoms with Gasteiger partial charge in [-0.2, -0.15) is 13.2 Å². The van der Waals surface area contributed by atoms with E-state index in [2.05, 4.69) is 5.32 Å². The minimum Gasteiger partial charge on any atom is -0.481 e. The van der Waals surface area contributed by atoms with Gasteiger partial charge < -0.3 is 15.3 Å². The molecule has 0 bridgehead atoms. The maximum absolute atomic E-state index is 12.9. The van der Waals surface area contributed by atoms with Crippen LogP contribution in [0.2, 0.25) is 5.02 Å². The number of rotatable bonds is 3. The fraction of sp³-hybridized carbons (Fsp3) is 0.429. The number of nitrogens with one attached hydrogen (secondary N) is 1. The number of carbonyl (C=O) groups is 2. The number of benzene rings is 1. The van der Waals surface area contributed by atoms with Crippen LogP contribution in [-0.4, -0.2) is 41.3 Å². The van der Waals surface area contributed by atoms with Gasteiger partial charge in [0.2, 0.25) is 0 Å². The second-order valence-electron chi connectivity index (χ2n) is 5.25. The quantitative estimate of drug-likeness (QED) is 0.880. The van der Waals surface area contributed by atoms with Crippen molar-refractivity contribution in [3.05, 3.63) is 34.9 Å². The van der Waals surface area contributed by atoms with Gasteiger partial charge in [-0.3, -0.25) is 4.79 Å². The van der Waals surface area contributed by atoms with Gasteiger partial charge in [-0.1, -0.05) is 29.8 Å². The van der Waals surface area contributed by atoms with Crippen LogP contribution in [0.25, 0.3) is 0 Å². The highest BCUT2D eigenvalue weighted by molar-refractivity contribution is 6.31. The van der Waals surface area contributed by atoms with E-state index in [-0.39, 0.29) is 6.54 Å². The lowest BCUT2D eigenvalue weighted by Gasteiger charge is -2.19. The minimum atomic E-state index is -4.67. The Kier molecular flexibility index (Phi) is 5.03. The molecule has 1 aromatic rings. The number of carbonyl (C=O) groups excluding carboxylic acids is 1. The van der Waals surface area contributed by atoms with E-state index in [0.29, 0.717) is 10.6 Å². The standard InChI is InChI=1S/C14H14ClF3N2O3/c15-11-4-2-1-3-8(11)5-19-13(23)20-6-9(12(21)22)10(7-20)14(16,17)18/h1-4,9-10H,5-7H2,(H,19,23)(H,21,22)/t9-,10-/m1/s1. The second kappa shape index (κ2) is 6.66. The van der Waals surface area contributed by atoms with Crippen LogP contribution in [0.1, 0.15) is 5.56 Å². The van der Waals surface area contributed by atoms with Crippen molar-refractivity contribution in [2.45, 2.75) is 12.7 Å². The average molecular weight is 351 g/mol. The molecule has 0 unspecified atom stereocenters. The molecule has 2 amide bonds. The fourth-order valence-corrected chi connectivity index (χ4v) is 2.68. The summed E-state index contributed by atoms with van der Waals surface area (Å²) < 4.78 is 38.6. The highest BCUT2D eigenvalue weighted by Crippen LogP contribution is 2.37. The molecule has 9 heteroatoms. The molecule has 0 aliphatic carbocycles. The van der Waals surface area contributed by atoms with Gasteiger partial charge in [-0.05, 0) is 11.6 Å². The molecule has 0 saturated carbocycles. The Morgan fingerprint density at radius 3 is 2.48 bits per heavy atom. The van der Waals surface area contributed by atoms with Crippen LogP contribution in [0, 0.1) is 11.8 Å². The lowest BCUT2D eigenvalue weighted by Crippen LogP contribution is -2.39. The van der Waals surface area contributed by atoms with Gasteiger partial charge in [0, 0.05) is 24.7 Å². The van der Waals surface area contributed by atoms with Crippen molar-refractivity contribution in [3.63, 3.8) is 0 Å². The summed E-state index contributed by atoms with van der Waals surface area (Å²) >= 11 is 5.92. The molecule has 1 saturated heterocycles. The van der Waals surface area contributed by atoms with Gasteiger partial charge >= 0.3 is 18.2 Å². The molecule has 126 valence electrons. The highest BCUT2D eigenvalue weighted by atomic mass is 35.5. The summed E-state index contributed by atoms with van der Waals surface area (Å²) in [7, 11) is 0. The van der Waals surface area contributed by atoms with E-state index < -0.39 is 43.1 Å². The molecule has 2 atom stereocenters. The van der Waals surface area contributed by atoms with Gasteiger partial charge in [0.1, 0.15) is 0 Å². The summed E-state index contributed by atoms with van der Waals surface area (Å²) in [5.41, 5.74) is 0.615. The third kappa shape index (κ3) is 4.07.